The Kier molecular flexibility index (Phi) is 5.26. The van der Waals surface area contributed by atoms with E-state index in [0.717, 1.165) is 50.5 Å². The maximum absolute atomic E-state index is 9.04. The summed E-state index contributed by atoms with van der Waals surface area (Å²) in [4.78, 5) is 4.72. The molecule has 1 aliphatic heterocycles. The number of benzene rings is 1. The fourth-order valence-corrected chi connectivity index (χ4v) is 3.15. The Hall–Kier alpha value is -2.20. The van der Waals surface area contributed by atoms with Crippen LogP contribution in [0.2, 0.25) is 0 Å². The second-order valence-corrected chi connectivity index (χ2v) is 6.21. The lowest BCUT2D eigenvalue weighted by Gasteiger charge is -2.34. The van der Waals surface area contributed by atoms with Gasteiger partial charge in [0.05, 0.1) is 23.9 Å². The molecule has 6 heteroatoms. The van der Waals surface area contributed by atoms with E-state index in [1.54, 1.807) is 0 Å². The van der Waals surface area contributed by atoms with E-state index in [1.165, 1.54) is 5.56 Å². The van der Waals surface area contributed by atoms with Crippen LogP contribution >= 0.6 is 0 Å². The fraction of sp³-hybridized carbons (Fsp3) is 0.444. The molecule has 0 unspecified atom stereocenters. The minimum absolute atomic E-state index is 0.228. The van der Waals surface area contributed by atoms with E-state index in [-0.39, 0.29) is 6.61 Å². The number of nitriles is 1. The number of hydrogen-bond donors (Lipinski definition) is 1. The summed E-state index contributed by atoms with van der Waals surface area (Å²) in [5.41, 5.74) is 3.90. The number of rotatable bonds is 5. The molecule has 1 saturated heterocycles. The number of aromatic nitrogens is 2. The number of β-amino-alcohol motifs (C(OH)–C–C–N with tert-alkyl or cyclic N) is 1. The second-order valence-electron chi connectivity index (χ2n) is 6.21. The Morgan fingerprint density at radius 2 is 1.79 bits per heavy atom. The predicted octanol–water partition coefficient (Wildman–Crippen LogP) is 1.07. The molecule has 0 saturated carbocycles. The van der Waals surface area contributed by atoms with Crippen LogP contribution in [0.1, 0.15) is 11.1 Å². The molecule has 2 heterocycles. The largest absolute Gasteiger partial charge is 0.395 e. The molecule has 1 aliphatic rings. The summed E-state index contributed by atoms with van der Waals surface area (Å²) in [6.45, 7) is 5.85. The zero-order valence-corrected chi connectivity index (χ0v) is 14.0. The van der Waals surface area contributed by atoms with Crippen LogP contribution in [0.4, 0.5) is 0 Å². The van der Waals surface area contributed by atoms with Gasteiger partial charge < -0.3 is 5.11 Å². The topological polar surface area (TPSA) is 68.3 Å². The van der Waals surface area contributed by atoms with Crippen LogP contribution in [0, 0.1) is 11.3 Å². The van der Waals surface area contributed by atoms with Gasteiger partial charge in [0.2, 0.25) is 0 Å². The van der Waals surface area contributed by atoms with Gasteiger partial charge in [-0.3, -0.25) is 14.5 Å². The van der Waals surface area contributed by atoms with Crippen molar-refractivity contribution >= 4 is 0 Å². The molecular weight excluding hydrogens is 302 g/mol. The smallest absolute Gasteiger partial charge is 0.0991 e. The first kappa shape index (κ1) is 16.7. The van der Waals surface area contributed by atoms with Crippen LogP contribution in [-0.2, 0) is 13.6 Å². The molecule has 1 N–H and O–H groups in total. The molecule has 2 aromatic rings. The quantitative estimate of drug-likeness (QED) is 0.890. The minimum atomic E-state index is 0.228. The molecule has 0 radical (unpaired) electrons. The number of aliphatic hydroxyl groups excluding tert-OH is 1. The van der Waals surface area contributed by atoms with Crippen molar-refractivity contribution in [2.24, 2.45) is 7.05 Å². The predicted molar refractivity (Wildman–Crippen MR) is 92.2 cm³/mol. The molecule has 0 amide bonds. The number of hydrogen-bond acceptors (Lipinski definition) is 5. The highest BCUT2D eigenvalue weighted by atomic mass is 16.3. The third-order valence-corrected chi connectivity index (χ3v) is 4.47. The Balaban J connectivity index is 1.71. The summed E-state index contributed by atoms with van der Waals surface area (Å²) in [5.74, 6) is 0. The van der Waals surface area contributed by atoms with Gasteiger partial charge in [-0.15, -0.1) is 0 Å². The summed E-state index contributed by atoms with van der Waals surface area (Å²) in [6, 6.07) is 9.74. The maximum atomic E-state index is 9.04. The van der Waals surface area contributed by atoms with E-state index in [4.69, 9.17) is 10.4 Å². The third kappa shape index (κ3) is 3.82. The van der Waals surface area contributed by atoms with Crippen molar-refractivity contribution in [2.75, 3.05) is 39.3 Å². The summed E-state index contributed by atoms with van der Waals surface area (Å²) in [7, 11) is 1.94. The minimum Gasteiger partial charge on any atom is -0.395 e. The van der Waals surface area contributed by atoms with Gasteiger partial charge in [0, 0.05) is 63.6 Å². The van der Waals surface area contributed by atoms with E-state index in [2.05, 4.69) is 27.2 Å². The van der Waals surface area contributed by atoms with Gasteiger partial charge in [-0.05, 0) is 12.1 Å². The number of piperazine rings is 1. The van der Waals surface area contributed by atoms with E-state index >= 15 is 0 Å². The van der Waals surface area contributed by atoms with Crippen molar-refractivity contribution < 1.29 is 5.11 Å². The van der Waals surface area contributed by atoms with E-state index in [9.17, 15) is 0 Å². The molecule has 6 nitrogen and oxygen atoms in total. The van der Waals surface area contributed by atoms with Gasteiger partial charge in [0.1, 0.15) is 0 Å². The lowest BCUT2D eigenvalue weighted by Crippen LogP contribution is -2.46. The van der Waals surface area contributed by atoms with Gasteiger partial charge in [0.15, 0.2) is 0 Å². The van der Waals surface area contributed by atoms with Crippen LogP contribution in [0.3, 0.4) is 0 Å². The first-order valence-corrected chi connectivity index (χ1v) is 8.28. The van der Waals surface area contributed by atoms with E-state index in [0.29, 0.717) is 5.56 Å². The SMILES string of the molecule is Cn1cc(CN2CCN(CCO)CC2)c(-c2ccc(C#N)cc2)n1. The first-order chi connectivity index (χ1) is 11.7. The normalized spacial score (nSPS) is 16.2. The van der Waals surface area contributed by atoms with Crippen molar-refractivity contribution in [1.29, 1.82) is 5.26 Å². The van der Waals surface area contributed by atoms with Crippen LogP contribution in [-0.4, -0.2) is 64.0 Å². The molecule has 1 aromatic carbocycles. The maximum Gasteiger partial charge on any atom is 0.0991 e. The first-order valence-electron chi connectivity index (χ1n) is 8.28. The van der Waals surface area contributed by atoms with Gasteiger partial charge in [0.25, 0.3) is 0 Å². The Morgan fingerprint density at radius 1 is 1.12 bits per heavy atom. The average molecular weight is 325 g/mol. The number of aliphatic hydroxyl groups is 1. The molecule has 0 atom stereocenters. The summed E-state index contributed by atoms with van der Waals surface area (Å²) in [5, 5.41) is 22.6. The summed E-state index contributed by atoms with van der Waals surface area (Å²) in [6.07, 6.45) is 2.08. The molecule has 3 rings (SSSR count). The molecule has 0 aliphatic carbocycles. The standard InChI is InChI=1S/C18H23N5O/c1-21-13-17(14-23-8-6-22(7-9-23)10-11-24)18(20-21)16-4-2-15(12-19)3-5-16/h2-5,13,24H,6-11,14H2,1H3. The Labute approximate surface area is 142 Å². The second kappa shape index (κ2) is 7.58. The van der Waals surface area contributed by atoms with E-state index < -0.39 is 0 Å². The monoisotopic (exact) mass is 325 g/mol. The van der Waals surface area contributed by atoms with Gasteiger partial charge in [-0.2, -0.15) is 10.4 Å². The van der Waals surface area contributed by atoms with Crippen LogP contribution in [0.15, 0.2) is 30.5 Å². The Morgan fingerprint density at radius 3 is 2.42 bits per heavy atom. The van der Waals surface area contributed by atoms with Gasteiger partial charge >= 0.3 is 0 Å². The lowest BCUT2D eigenvalue weighted by atomic mass is 10.1. The van der Waals surface area contributed by atoms with Gasteiger partial charge in [-0.1, -0.05) is 12.1 Å². The van der Waals surface area contributed by atoms with Crippen molar-refractivity contribution in [2.45, 2.75) is 6.54 Å². The van der Waals surface area contributed by atoms with Crippen LogP contribution in [0.5, 0.6) is 0 Å². The highest BCUT2D eigenvalue weighted by molar-refractivity contribution is 5.63. The lowest BCUT2D eigenvalue weighted by molar-refractivity contribution is 0.108. The average Bonchev–Trinajstić information content (AvgIpc) is 2.97. The number of nitrogens with zero attached hydrogens (tertiary/aromatic N) is 5. The van der Waals surface area contributed by atoms with Crippen molar-refractivity contribution in [3.8, 4) is 17.3 Å². The molecular formula is C18H23N5O. The van der Waals surface area contributed by atoms with E-state index in [1.807, 2.05) is 36.0 Å². The number of aryl methyl sites for hydroxylation is 1. The van der Waals surface area contributed by atoms with Crippen LogP contribution < -0.4 is 0 Å². The molecule has 24 heavy (non-hydrogen) atoms. The molecule has 126 valence electrons. The highest BCUT2D eigenvalue weighted by Crippen LogP contribution is 2.24. The van der Waals surface area contributed by atoms with Crippen molar-refractivity contribution in [3.05, 3.63) is 41.6 Å². The van der Waals surface area contributed by atoms with Crippen LogP contribution in [0.25, 0.3) is 11.3 Å². The molecule has 1 fully saturated rings. The van der Waals surface area contributed by atoms with Crippen molar-refractivity contribution in [3.63, 3.8) is 0 Å². The zero-order chi connectivity index (χ0) is 16.9. The molecule has 0 spiro atoms. The molecule has 1 aromatic heterocycles. The summed E-state index contributed by atoms with van der Waals surface area (Å²) >= 11 is 0. The van der Waals surface area contributed by atoms with Crippen molar-refractivity contribution in [1.82, 2.24) is 19.6 Å². The Bertz CT molecular complexity index is 708. The molecule has 0 bridgehead atoms. The highest BCUT2D eigenvalue weighted by Gasteiger charge is 2.19. The summed E-state index contributed by atoms with van der Waals surface area (Å²) < 4.78 is 1.85. The zero-order valence-electron chi connectivity index (χ0n) is 14.0. The van der Waals surface area contributed by atoms with Gasteiger partial charge in [-0.25, -0.2) is 0 Å². The third-order valence-electron chi connectivity index (χ3n) is 4.47. The fourth-order valence-electron chi connectivity index (χ4n) is 3.15.